The lowest BCUT2D eigenvalue weighted by Crippen LogP contribution is -1.95. The zero-order valence-electron chi connectivity index (χ0n) is 23.9. The third-order valence-electron chi connectivity index (χ3n) is 9.48. The Labute approximate surface area is 253 Å². The summed E-state index contributed by atoms with van der Waals surface area (Å²) < 4.78 is 2.52. The number of nitrogens with zero attached hydrogens (tertiary/aromatic N) is 1. The average molecular weight is 559 g/mol. The lowest BCUT2D eigenvalue weighted by molar-refractivity contribution is 1.19. The lowest BCUT2D eigenvalue weighted by atomic mass is 9.96. The van der Waals surface area contributed by atoms with Crippen LogP contribution in [0.2, 0.25) is 0 Å². The molecule has 2 nitrogen and oxygen atoms in total. The largest absolute Gasteiger partial charge is 0.354 e. The van der Waals surface area contributed by atoms with Crippen molar-refractivity contribution in [1.29, 1.82) is 0 Å². The summed E-state index contributed by atoms with van der Waals surface area (Å²) in [5.74, 6) is 0. The number of aromatic amines is 1. The first kappa shape index (κ1) is 23.7. The van der Waals surface area contributed by atoms with Crippen molar-refractivity contribution in [2.24, 2.45) is 0 Å². The molecule has 204 valence electrons. The molecule has 0 fully saturated rings. The summed E-state index contributed by atoms with van der Waals surface area (Å²) >= 11 is 0. The molecule has 0 saturated carbocycles. The molecule has 0 saturated heterocycles. The van der Waals surface area contributed by atoms with Crippen LogP contribution in [0.1, 0.15) is 0 Å². The van der Waals surface area contributed by atoms with E-state index < -0.39 is 0 Å². The first-order valence-corrected chi connectivity index (χ1v) is 15.2. The third-order valence-corrected chi connectivity index (χ3v) is 9.48. The molecule has 10 aromatic rings. The van der Waals surface area contributed by atoms with Gasteiger partial charge in [0.25, 0.3) is 0 Å². The number of aromatic nitrogens is 2. The normalized spacial score (nSPS) is 12.1. The second kappa shape index (κ2) is 8.82. The molecule has 0 radical (unpaired) electrons. The van der Waals surface area contributed by atoms with E-state index in [4.69, 9.17) is 0 Å². The van der Waals surface area contributed by atoms with Gasteiger partial charge >= 0.3 is 0 Å². The van der Waals surface area contributed by atoms with Gasteiger partial charge in [-0.3, -0.25) is 0 Å². The van der Waals surface area contributed by atoms with E-state index >= 15 is 0 Å². The Balaban J connectivity index is 1.47. The first-order chi connectivity index (χ1) is 21.8. The van der Waals surface area contributed by atoms with Crippen LogP contribution < -0.4 is 0 Å². The molecule has 0 aliphatic carbocycles. The molecule has 2 heterocycles. The van der Waals surface area contributed by atoms with Gasteiger partial charge in [0.1, 0.15) is 0 Å². The number of rotatable bonds is 2. The number of H-pyrrole nitrogens is 1. The van der Waals surface area contributed by atoms with E-state index in [9.17, 15) is 0 Å². The number of hydrogen-bond donors (Lipinski definition) is 1. The van der Waals surface area contributed by atoms with Gasteiger partial charge < -0.3 is 9.55 Å². The van der Waals surface area contributed by atoms with Crippen LogP contribution in [-0.4, -0.2) is 9.55 Å². The molecular formula is C42H26N2. The fourth-order valence-corrected chi connectivity index (χ4v) is 7.58. The van der Waals surface area contributed by atoms with Crippen LogP contribution in [0, 0.1) is 0 Å². The van der Waals surface area contributed by atoms with Crippen LogP contribution in [0.5, 0.6) is 0 Å². The van der Waals surface area contributed by atoms with Crippen molar-refractivity contribution < 1.29 is 0 Å². The van der Waals surface area contributed by atoms with E-state index in [0.717, 1.165) is 5.69 Å². The summed E-state index contributed by atoms with van der Waals surface area (Å²) in [5.41, 5.74) is 8.48. The zero-order valence-corrected chi connectivity index (χ0v) is 23.9. The molecule has 44 heavy (non-hydrogen) atoms. The number of nitrogens with one attached hydrogen (secondary N) is 1. The van der Waals surface area contributed by atoms with E-state index in [1.807, 2.05) is 0 Å². The highest BCUT2D eigenvalue weighted by Crippen LogP contribution is 2.47. The Kier molecular flexibility index (Phi) is 4.75. The van der Waals surface area contributed by atoms with E-state index in [-0.39, 0.29) is 0 Å². The lowest BCUT2D eigenvalue weighted by Gasteiger charge is -2.13. The highest BCUT2D eigenvalue weighted by Gasteiger charge is 2.23. The quantitative estimate of drug-likeness (QED) is 0.218. The van der Waals surface area contributed by atoms with Gasteiger partial charge in [-0.1, -0.05) is 133 Å². The van der Waals surface area contributed by atoms with E-state index in [1.54, 1.807) is 0 Å². The Morgan fingerprint density at radius 2 is 0.977 bits per heavy atom. The molecule has 8 aromatic carbocycles. The highest BCUT2D eigenvalue weighted by atomic mass is 15.0. The van der Waals surface area contributed by atoms with Gasteiger partial charge in [-0.05, 0) is 45.5 Å². The van der Waals surface area contributed by atoms with Gasteiger partial charge in [-0.2, -0.15) is 0 Å². The van der Waals surface area contributed by atoms with Crippen LogP contribution in [-0.2, 0) is 0 Å². The molecule has 0 atom stereocenters. The maximum atomic E-state index is 3.87. The molecule has 0 aliphatic heterocycles. The first-order valence-electron chi connectivity index (χ1n) is 15.2. The summed E-state index contributed by atoms with van der Waals surface area (Å²) in [6, 6.07) is 55.3. The molecule has 1 N–H and O–H groups in total. The fraction of sp³-hybridized carbons (Fsp3) is 0. The smallest absolute Gasteiger partial charge is 0.0627 e. The van der Waals surface area contributed by atoms with Crippen molar-refractivity contribution in [2.45, 2.75) is 0 Å². The standard InChI is InChI=1S/C42H26N2/c1-2-10-26(11-3-1)27-18-22-30(23-19-27)44-41-32-15-7-5-13-29(32)20-24-35(41)38-39-37-31-14-6-4-12-28(31)21-25-36(37)43-40(39)33-16-8-9-17-34(33)42(38)44/h1-25,43H. The SMILES string of the molecule is c1ccc(-c2ccc(-n3c4c5ccccc5ccc4c4c5c([nH]c6ccc7ccccc7c65)c5ccccc5c43)cc2)cc1. The minimum atomic E-state index is 1.16. The number of fused-ring (bicyclic) bond motifs is 14. The summed E-state index contributed by atoms with van der Waals surface area (Å²) in [5, 5.41) is 12.7. The van der Waals surface area contributed by atoms with E-state index in [2.05, 4.69) is 161 Å². The molecule has 0 amide bonds. The summed E-state index contributed by atoms with van der Waals surface area (Å²) in [4.78, 5) is 3.87. The summed E-state index contributed by atoms with van der Waals surface area (Å²) in [6.07, 6.45) is 0. The number of benzene rings is 8. The minimum Gasteiger partial charge on any atom is -0.354 e. The Morgan fingerprint density at radius 1 is 0.364 bits per heavy atom. The molecule has 2 aromatic heterocycles. The Bertz CT molecular complexity index is 2740. The minimum absolute atomic E-state index is 1.16. The van der Waals surface area contributed by atoms with Gasteiger partial charge in [0, 0.05) is 48.9 Å². The van der Waals surface area contributed by atoms with Crippen LogP contribution in [0.25, 0.3) is 92.7 Å². The topological polar surface area (TPSA) is 20.7 Å². The molecular weight excluding hydrogens is 532 g/mol. The number of hydrogen-bond acceptors (Lipinski definition) is 0. The second-order valence-electron chi connectivity index (χ2n) is 11.8. The molecule has 0 bridgehead atoms. The molecule has 10 rings (SSSR count). The predicted molar refractivity (Wildman–Crippen MR) is 188 cm³/mol. The Morgan fingerprint density at radius 3 is 1.77 bits per heavy atom. The van der Waals surface area contributed by atoms with E-state index in [0.29, 0.717) is 0 Å². The summed E-state index contributed by atoms with van der Waals surface area (Å²) in [7, 11) is 0. The van der Waals surface area contributed by atoms with Gasteiger partial charge in [-0.15, -0.1) is 0 Å². The predicted octanol–water partition coefficient (Wildman–Crippen LogP) is 11.5. The Hall–Kier alpha value is -5.86. The van der Waals surface area contributed by atoms with Crippen LogP contribution in [0.4, 0.5) is 0 Å². The van der Waals surface area contributed by atoms with Gasteiger partial charge in [-0.25, -0.2) is 0 Å². The maximum Gasteiger partial charge on any atom is 0.0627 e. The van der Waals surface area contributed by atoms with Crippen molar-refractivity contribution in [3.8, 4) is 16.8 Å². The van der Waals surface area contributed by atoms with Crippen molar-refractivity contribution in [2.75, 3.05) is 0 Å². The molecule has 0 spiro atoms. The van der Waals surface area contributed by atoms with Gasteiger partial charge in [0.15, 0.2) is 0 Å². The van der Waals surface area contributed by atoms with Gasteiger partial charge in [0.05, 0.1) is 16.6 Å². The molecule has 2 heteroatoms. The fourth-order valence-electron chi connectivity index (χ4n) is 7.58. The monoisotopic (exact) mass is 558 g/mol. The molecule has 0 unspecified atom stereocenters. The van der Waals surface area contributed by atoms with Crippen molar-refractivity contribution in [1.82, 2.24) is 9.55 Å². The van der Waals surface area contributed by atoms with Crippen LogP contribution in [0.15, 0.2) is 152 Å². The average Bonchev–Trinajstić information content (AvgIpc) is 3.66. The summed E-state index contributed by atoms with van der Waals surface area (Å²) in [6.45, 7) is 0. The van der Waals surface area contributed by atoms with Crippen molar-refractivity contribution in [3.63, 3.8) is 0 Å². The van der Waals surface area contributed by atoms with Crippen LogP contribution in [0.3, 0.4) is 0 Å². The third kappa shape index (κ3) is 3.14. The van der Waals surface area contributed by atoms with E-state index in [1.165, 1.54) is 87.1 Å². The highest BCUT2D eigenvalue weighted by molar-refractivity contribution is 6.40. The van der Waals surface area contributed by atoms with Crippen molar-refractivity contribution in [3.05, 3.63) is 152 Å². The zero-order chi connectivity index (χ0) is 28.8. The van der Waals surface area contributed by atoms with Crippen LogP contribution >= 0.6 is 0 Å². The maximum absolute atomic E-state index is 3.87. The van der Waals surface area contributed by atoms with Crippen molar-refractivity contribution >= 4 is 75.9 Å². The second-order valence-corrected chi connectivity index (χ2v) is 11.8. The molecule has 0 aliphatic rings. The van der Waals surface area contributed by atoms with Gasteiger partial charge in [0.2, 0.25) is 0 Å².